The van der Waals surface area contributed by atoms with Crippen molar-refractivity contribution in [2.45, 2.75) is 11.7 Å². The average Bonchev–Trinajstić information content (AvgIpc) is 2.76. The first-order chi connectivity index (χ1) is 7.78. The molecule has 6 heteroatoms. The first kappa shape index (κ1) is 11.5. The van der Waals surface area contributed by atoms with Crippen LogP contribution in [0.15, 0.2) is 33.9 Å². The zero-order valence-corrected chi connectivity index (χ0v) is 11.1. The Morgan fingerprint density at radius 3 is 2.75 bits per heavy atom. The molecule has 0 saturated carbocycles. The molecular weight excluding hydrogens is 288 g/mol. The molecule has 0 amide bonds. The van der Waals surface area contributed by atoms with E-state index < -0.39 is 0 Å². The van der Waals surface area contributed by atoms with E-state index in [1.54, 1.807) is 0 Å². The van der Waals surface area contributed by atoms with Gasteiger partial charge in [0.05, 0.1) is 0 Å². The van der Waals surface area contributed by atoms with Gasteiger partial charge in [-0.2, -0.15) is 4.98 Å². The maximum atomic E-state index is 4.24. The van der Waals surface area contributed by atoms with Crippen molar-refractivity contribution >= 4 is 33.6 Å². The molecule has 0 aliphatic carbocycles. The Morgan fingerprint density at radius 2 is 2.12 bits per heavy atom. The Hall–Kier alpha value is -1.01. The predicted molar refractivity (Wildman–Crippen MR) is 69.6 cm³/mol. The van der Waals surface area contributed by atoms with Crippen LogP contribution < -0.4 is 5.32 Å². The van der Waals surface area contributed by atoms with E-state index in [-0.39, 0.29) is 0 Å². The Labute approximate surface area is 106 Å². The number of nitrogens with zero attached hydrogens (tertiary/aromatic N) is 2. The Morgan fingerprint density at radius 1 is 1.38 bits per heavy atom. The maximum Gasteiger partial charge on any atom is 0.219 e. The van der Waals surface area contributed by atoms with E-state index >= 15 is 0 Å². The molecule has 0 unspecified atom stereocenters. The van der Waals surface area contributed by atoms with Crippen LogP contribution in [0.5, 0.6) is 0 Å². The summed E-state index contributed by atoms with van der Waals surface area (Å²) in [6.07, 6.45) is 1.95. The van der Waals surface area contributed by atoms with E-state index in [1.165, 1.54) is 17.3 Å². The third kappa shape index (κ3) is 2.99. The fraction of sp³-hybridized carbons (Fsp3) is 0.200. The minimum Gasteiger partial charge on any atom is -0.350 e. The molecule has 0 aliphatic rings. The second kappa shape index (κ2) is 5.36. The maximum absolute atomic E-state index is 4.24. The number of thioether (sulfide) groups is 1. The largest absolute Gasteiger partial charge is 0.350 e. The molecule has 1 aromatic heterocycles. The molecule has 2 N–H and O–H groups in total. The monoisotopic (exact) mass is 298 g/mol. The summed E-state index contributed by atoms with van der Waals surface area (Å²) in [5.41, 5.74) is 1.20. The standard InChI is InChI=1S/C10H11BrN4S/c1-16-10-13-9(14-15-10)12-6-7-2-4-8(11)5-3-7/h2-5H,6H2,1H3,(H2,12,13,14,15). The van der Waals surface area contributed by atoms with Gasteiger partial charge in [-0.25, -0.2) is 5.10 Å². The fourth-order valence-corrected chi connectivity index (χ4v) is 1.79. The van der Waals surface area contributed by atoms with Crippen LogP contribution in [-0.4, -0.2) is 21.4 Å². The number of H-pyrrole nitrogens is 1. The molecule has 0 spiro atoms. The molecule has 1 heterocycles. The number of hydrogen-bond donors (Lipinski definition) is 2. The van der Waals surface area contributed by atoms with Gasteiger partial charge in [-0.3, -0.25) is 0 Å². The Bertz CT molecular complexity index is 454. The molecule has 1 aromatic carbocycles. The molecule has 0 fully saturated rings. The fourth-order valence-electron chi connectivity index (χ4n) is 1.20. The molecule has 2 rings (SSSR count). The van der Waals surface area contributed by atoms with E-state index in [1.807, 2.05) is 18.4 Å². The van der Waals surface area contributed by atoms with Gasteiger partial charge in [-0.15, -0.1) is 5.10 Å². The van der Waals surface area contributed by atoms with E-state index in [4.69, 9.17) is 0 Å². The lowest BCUT2D eigenvalue weighted by atomic mass is 10.2. The van der Waals surface area contributed by atoms with E-state index in [0.29, 0.717) is 5.95 Å². The van der Waals surface area contributed by atoms with Crippen LogP contribution in [-0.2, 0) is 6.54 Å². The van der Waals surface area contributed by atoms with Crippen molar-refractivity contribution in [2.75, 3.05) is 11.6 Å². The molecule has 2 aromatic rings. The summed E-state index contributed by atoms with van der Waals surface area (Å²) in [5.74, 6) is 0.701. The van der Waals surface area contributed by atoms with E-state index in [2.05, 4.69) is 48.6 Å². The quantitative estimate of drug-likeness (QED) is 0.852. The van der Waals surface area contributed by atoms with Gasteiger partial charge in [0.25, 0.3) is 0 Å². The molecule has 0 radical (unpaired) electrons. The van der Waals surface area contributed by atoms with Crippen molar-refractivity contribution in [2.24, 2.45) is 0 Å². The smallest absolute Gasteiger partial charge is 0.219 e. The molecule has 0 atom stereocenters. The van der Waals surface area contributed by atoms with Gasteiger partial charge >= 0.3 is 0 Å². The Kier molecular flexibility index (Phi) is 3.84. The zero-order chi connectivity index (χ0) is 11.4. The van der Waals surface area contributed by atoms with Crippen LogP contribution in [0.2, 0.25) is 0 Å². The summed E-state index contributed by atoms with van der Waals surface area (Å²) in [4.78, 5) is 4.24. The van der Waals surface area contributed by atoms with Gasteiger partial charge in [0.1, 0.15) is 0 Å². The highest BCUT2D eigenvalue weighted by Gasteiger charge is 2.00. The van der Waals surface area contributed by atoms with Crippen LogP contribution in [0, 0.1) is 0 Å². The van der Waals surface area contributed by atoms with Crippen LogP contribution >= 0.6 is 27.7 Å². The summed E-state index contributed by atoms with van der Waals surface area (Å²) in [5, 5.41) is 10.8. The van der Waals surface area contributed by atoms with Gasteiger partial charge in [0, 0.05) is 11.0 Å². The predicted octanol–water partition coefficient (Wildman–Crippen LogP) is 2.90. The number of aromatic amines is 1. The lowest BCUT2D eigenvalue weighted by Crippen LogP contribution is -2.00. The molecular formula is C10H11BrN4S. The number of benzene rings is 1. The van der Waals surface area contributed by atoms with Crippen molar-refractivity contribution in [3.05, 3.63) is 34.3 Å². The first-order valence-electron chi connectivity index (χ1n) is 4.72. The van der Waals surface area contributed by atoms with Gasteiger partial charge in [-0.05, 0) is 24.0 Å². The lowest BCUT2D eigenvalue weighted by molar-refractivity contribution is 0.975. The van der Waals surface area contributed by atoms with Gasteiger partial charge in [-0.1, -0.05) is 39.8 Å². The number of hydrogen-bond acceptors (Lipinski definition) is 4. The van der Waals surface area contributed by atoms with Gasteiger partial charge < -0.3 is 5.32 Å². The summed E-state index contributed by atoms with van der Waals surface area (Å²) in [6.45, 7) is 0.732. The topological polar surface area (TPSA) is 53.6 Å². The van der Waals surface area contributed by atoms with Crippen molar-refractivity contribution in [3.8, 4) is 0 Å². The molecule has 84 valence electrons. The third-order valence-electron chi connectivity index (χ3n) is 2.02. The van der Waals surface area contributed by atoms with Crippen molar-refractivity contribution in [1.82, 2.24) is 15.2 Å². The summed E-state index contributed by atoms with van der Waals surface area (Å²) < 4.78 is 1.08. The highest BCUT2D eigenvalue weighted by atomic mass is 79.9. The number of halogens is 1. The van der Waals surface area contributed by atoms with Crippen molar-refractivity contribution < 1.29 is 0 Å². The SMILES string of the molecule is CSc1n[nH]c(NCc2ccc(Br)cc2)n1. The number of anilines is 1. The second-order valence-corrected chi connectivity index (χ2v) is 4.84. The summed E-state index contributed by atoms with van der Waals surface area (Å²) >= 11 is 4.92. The highest BCUT2D eigenvalue weighted by Crippen LogP contribution is 2.13. The van der Waals surface area contributed by atoms with Crippen LogP contribution in [0.3, 0.4) is 0 Å². The van der Waals surface area contributed by atoms with E-state index in [9.17, 15) is 0 Å². The van der Waals surface area contributed by atoms with Crippen molar-refractivity contribution in [1.29, 1.82) is 0 Å². The minimum absolute atomic E-state index is 0.701. The normalized spacial score (nSPS) is 10.4. The van der Waals surface area contributed by atoms with Crippen LogP contribution in [0.4, 0.5) is 5.95 Å². The summed E-state index contributed by atoms with van der Waals surface area (Å²) in [7, 11) is 0. The third-order valence-corrected chi connectivity index (χ3v) is 3.10. The average molecular weight is 299 g/mol. The van der Waals surface area contributed by atoms with Gasteiger partial charge in [0.2, 0.25) is 11.1 Å². The van der Waals surface area contributed by atoms with Gasteiger partial charge in [0.15, 0.2) is 0 Å². The first-order valence-corrected chi connectivity index (χ1v) is 6.74. The molecule has 16 heavy (non-hydrogen) atoms. The molecule has 0 aliphatic heterocycles. The number of rotatable bonds is 4. The number of nitrogens with one attached hydrogen (secondary N) is 2. The van der Waals surface area contributed by atoms with Crippen LogP contribution in [0.25, 0.3) is 0 Å². The van der Waals surface area contributed by atoms with E-state index in [0.717, 1.165) is 16.2 Å². The lowest BCUT2D eigenvalue weighted by Gasteiger charge is -2.02. The molecule has 0 saturated heterocycles. The minimum atomic E-state index is 0.701. The van der Waals surface area contributed by atoms with Crippen molar-refractivity contribution in [3.63, 3.8) is 0 Å². The molecule has 0 bridgehead atoms. The highest BCUT2D eigenvalue weighted by molar-refractivity contribution is 9.10. The Balaban J connectivity index is 1.94. The van der Waals surface area contributed by atoms with Crippen LogP contribution in [0.1, 0.15) is 5.56 Å². The number of aromatic nitrogens is 3. The second-order valence-electron chi connectivity index (χ2n) is 3.15. The summed E-state index contributed by atoms with van der Waals surface area (Å²) in [6, 6.07) is 8.15. The zero-order valence-electron chi connectivity index (χ0n) is 8.70. The molecule has 4 nitrogen and oxygen atoms in total.